The average molecular weight is 345 g/mol. The average Bonchev–Trinajstić information content (AvgIpc) is 3.01. The summed E-state index contributed by atoms with van der Waals surface area (Å²) in [5, 5.41) is 19.9. The summed E-state index contributed by atoms with van der Waals surface area (Å²) in [7, 11) is 0. The van der Waals surface area contributed by atoms with Crippen molar-refractivity contribution in [2.45, 2.75) is 37.8 Å². The number of benzene rings is 1. The molecule has 0 radical (unpaired) electrons. The van der Waals surface area contributed by atoms with Crippen molar-refractivity contribution in [2.24, 2.45) is 0 Å². The van der Waals surface area contributed by atoms with Gasteiger partial charge in [-0.1, -0.05) is 30.3 Å². The van der Waals surface area contributed by atoms with Crippen LogP contribution in [-0.2, 0) is 16.8 Å². The molecule has 0 saturated carbocycles. The van der Waals surface area contributed by atoms with Gasteiger partial charge in [0.1, 0.15) is 0 Å². The van der Waals surface area contributed by atoms with Crippen LogP contribution in [0.4, 0.5) is 0 Å². The number of piperidine rings is 1. The largest absolute Gasteiger partial charge is 0.389 e. The Morgan fingerprint density at radius 2 is 2.25 bits per heavy atom. The number of aliphatic hydroxyl groups excluding tert-OH is 1. The molecular weight excluding hydrogens is 322 g/mol. The Morgan fingerprint density at radius 3 is 2.92 bits per heavy atom. The van der Waals surface area contributed by atoms with Crippen LogP contribution in [0.2, 0.25) is 0 Å². The summed E-state index contributed by atoms with van der Waals surface area (Å²) in [6.07, 6.45) is 1.01. The second-order valence-corrected chi connectivity index (χ2v) is 7.28. The second kappa shape index (κ2) is 7.42. The SMILES string of the molecule is Cc1nc(CCC(=O)N[C@@]2(c3ccccc3)CCNC[C@H]2O)cs1. The molecule has 2 heterocycles. The molecule has 1 aromatic carbocycles. The number of hydrogen-bond acceptors (Lipinski definition) is 5. The maximum Gasteiger partial charge on any atom is 0.221 e. The van der Waals surface area contributed by atoms with Gasteiger partial charge in [-0.05, 0) is 31.9 Å². The molecule has 0 aliphatic carbocycles. The highest BCUT2D eigenvalue weighted by Gasteiger charge is 2.42. The van der Waals surface area contributed by atoms with Crippen LogP contribution in [0.25, 0.3) is 0 Å². The molecule has 5 nitrogen and oxygen atoms in total. The first-order valence-corrected chi connectivity index (χ1v) is 9.14. The maximum absolute atomic E-state index is 12.5. The first-order chi connectivity index (χ1) is 11.6. The molecule has 1 saturated heterocycles. The third-order valence-corrected chi connectivity index (χ3v) is 5.35. The van der Waals surface area contributed by atoms with Crippen molar-refractivity contribution in [2.75, 3.05) is 13.1 Å². The van der Waals surface area contributed by atoms with Gasteiger partial charge in [0.05, 0.1) is 22.3 Å². The second-order valence-electron chi connectivity index (χ2n) is 6.21. The van der Waals surface area contributed by atoms with Crippen molar-refractivity contribution < 1.29 is 9.90 Å². The van der Waals surface area contributed by atoms with E-state index in [2.05, 4.69) is 15.6 Å². The molecule has 2 atom stereocenters. The normalized spacial score (nSPS) is 23.8. The molecule has 2 aromatic rings. The molecule has 1 aliphatic rings. The van der Waals surface area contributed by atoms with E-state index in [1.807, 2.05) is 42.6 Å². The van der Waals surface area contributed by atoms with E-state index in [1.54, 1.807) is 11.3 Å². The molecule has 128 valence electrons. The van der Waals surface area contributed by atoms with Gasteiger partial charge in [0.25, 0.3) is 0 Å². The Kier molecular flexibility index (Phi) is 5.28. The van der Waals surface area contributed by atoms with Crippen LogP contribution in [0.1, 0.15) is 29.1 Å². The van der Waals surface area contributed by atoms with Crippen molar-refractivity contribution >= 4 is 17.2 Å². The van der Waals surface area contributed by atoms with Gasteiger partial charge in [0, 0.05) is 18.3 Å². The highest BCUT2D eigenvalue weighted by molar-refractivity contribution is 7.09. The fraction of sp³-hybridized carbons (Fsp3) is 0.444. The first-order valence-electron chi connectivity index (χ1n) is 8.26. The molecule has 3 rings (SSSR count). The minimum absolute atomic E-state index is 0.0505. The molecule has 3 N–H and O–H groups in total. The van der Waals surface area contributed by atoms with Crippen molar-refractivity contribution in [1.82, 2.24) is 15.6 Å². The van der Waals surface area contributed by atoms with E-state index in [4.69, 9.17) is 0 Å². The summed E-state index contributed by atoms with van der Waals surface area (Å²) in [6, 6.07) is 9.76. The highest BCUT2D eigenvalue weighted by atomic mass is 32.1. The smallest absolute Gasteiger partial charge is 0.221 e. The number of β-amino-alcohol motifs (C(OH)–C–C–N with tert-alkyl or cyclic N) is 1. The lowest BCUT2D eigenvalue weighted by atomic mass is 9.79. The molecule has 0 spiro atoms. The van der Waals surface area contributed by atoms with Gasteiger partial charge in [0.2, 0.25) is 5.91 Å². The Balaban J connectivity index is 1.73. The number of carbonyl (C=O) groups excluding carboxylic acids is 1. The highest BCUT2D eigenvalue weighted by Crippen LogP contribution is 2.31. The summed E-state index contributed by atoms with van der Waals surface area (Å²) in [5.41, 5.74) is 1.19. The number of thiazole rings is 1. The minimum atomic E-state index is -0.721. The number of aryl methyl sites for hydroxylation is 2. The van der Waals surface area contributed by atoms with Crippen LogP contribution in [0.15, 0.2) is 35.7 Å². The molecule has 0 bridgehead atoms. The first kappa shape index (κ1) is 17.1. The number of aliphatic hydroxyl groups is 1. The van der Waals surface area contributed by atoms with E-state index in [0.717, 1.165) is 22.8 Å². The predicted octanol–water partition coefficient (Wildman–Crippen LogP) is 1.75. The maximum atomic E-state index is 12.5. The Bertz CT molecular complexity index is 689. The van der Waals surface area contributed by atoms with Crippen LogP contribution < -0.4 is 10.6 Å². The summed E-state index contributed by atoms with van der Waals surface area (Å²) >= 11 is 1.60. The quantitative estimate of drug-likeness (QED) is 0.772. The van der Waals surface area contributed by atoms with Crippen LogP contribution in [-0.4, -0.2) is 35.2 Å². The number of aromatic nitrogens is 1. The van der Waals surface area contributed by atoms with Crippen LogP contribution in [0, 0.1) is 6.92 Å². The topological polar surface area (TPSA) is 74.2 Å². The van der Waals surface area contributed by atoms with Gasteiger partial charge < -0.3 is 15.7 Å². The lowest BCUT2D eigenvalue weighted by Crippen LogP contribution is -2.61. The summed E-state index contributed by atoms with van der Waals surface area (Å²) < 4.78 is 0. The molecule has 6 heteroatoms. The zero-order valence-corrected chi connectivity index (χ0v) is 14.6. The zero-order valence-electron chi connectivity index (χ0n) is 13.8. The third kappa shape index (κ3) is 3.66. The zero-order chi connectivity index (χ0) is 17.0. The van der Waals surface area contributed by atoms with Gasteiger partial charge in [0.15, 0.2) is 0 Å². The standard InChI is InChI=1S/C18H23N3O2S/c1-13-20-15(12-24-13)7-8-17(23)21-18(9-10-19-11-16(18)22)14-5-3-2-4-6-14/h2-6,12,16,19,22H,7-11H2,1H3,(H,21,23)/t16-,18-/m1/s1. The minimum Gasteiger partial charge on any atom is -0.389 e. The van der Waals surface area contributed by atoms with Gasteiger partial charge in [-0.3, -0.25) is 4.79 Å². The number of hydrogen-bond donors (Lipinski definition) is 3. The lowest BCUT2D eigenvalue weighted by Gasteiger charge is -2.43. The predicted molar refractivity (Wildman–Crippen MR) is 94.9 cm³/mol. The van der Waals surface area contributed by atoms with Crippen LogP contribution in [0.3, 0.4) is 0 Å². The number of carbonyl (C=O) groups is 1. The van der Waals surface area contributed by atoms with Crippen molar-refractivity contribution in [3.63, 3.8) is 0 Å². The fourth-order valence-corrected chi connectivity index (χ4v) is 3.88. The van der Waals surface area contributed by atoms with Gasteiger partial charge >= 0.3 is 0 Å². The van der Waals surface area contributed by atoms with E-state index < -0.39 is 11.6 Å². The summed E-state index contributed by atoms with van der Waals surface area (Å²) in [5.74, 6) is -0.0505. The molecule has 24 heavy (non-hydrogen) atoms. The fourth-order valence-electron chi connectivity index (χ4n) is 3.23. The number of nitrogens with one attached hydrogen (secondary N) is 2. The van der Waals surface area contributed by atoms with Crippen molar-refractivity contribution in [1.29, 1.82) is 0 Å². The van der Waals surface area contributed by atoms with E-state index >= 15 is 0 Å². The monoisotopic (exact) mass is 345 g/mol. The Labute approximate surface area is 146 Å². The van der Waals surface area contributed by atoms with E-state index in [9.17, 15) is 9.90 Å². The van der Waals surface area contributed by atoms with E-state index in [1.165, 1.54) is 0 Å². The number of rotatable bonds is 5. The van der Waals surface area contributed by atoms with Gasteiger partial charge in [-0.25, -0.2) is 4.98 Å². The third-order valence-electron chi connectivity index (χ3n) is 4.53. The molecule has 0 unspecified atom stereocenters. The molecule has 1 fully saturated rings. The lowest BCUT2D eigenvalue weighted by molar-refractivity contribution is -0.125. The summed E-state index contributed by atoms with van der Waals surface area (Å²) in [4.78, 5) is 16.9. The Hall–Kier alpha value is -1.76. The molecule has 1 aliphatic heterocycles. The summed E-state index contributed by atoms with van der Waals surface area (Å²) in [6.45, 7) is 3.20. The molecular formula is C18H23N3O2S. The number of nitrogens with zero attached hydrogens (tertiary/aromatic N) is 1. The van der Waals surface area contributed by atoms with Crippen molar-refractivity contribution in [3.05, 3.63) is 52.0 Å². The van der Waals surface area contributed by atoms with Crippen LogP contribution >= 0.6 is 11.3 Å². The molecule has 1 aromatic heterocycles. The van der Waals surface area contributed by atoms with Gasteiger partial charge in [-0.2, -0.15) is 0 Å². The van der Waals surface area contributed by atoms with Gasteiger partial charge in [-0.15, -0.1) is 11.3 Å². The van der Waals surface area contributed by atoms with Crippen LogP contribution in [0.5, 0.6) is 0 Å². The van der Waals surface area contributed by atoms with Crippen molar-refractivity contribution in [3.8, 4) is 0 Å². The molecule has 1 amide bonds. The number of amides is 1. The van der Waals surface area contributed by atoms with E-state index in [-0.39, 0.29) is 5.91 Å². The van der Waals surface area contributed by atoms with E-state index in [0.29, 0.717) is 25.8 Å². The Morgan fingerprint density at radius 1 is 1.46 bits per heavy atom.